The van der Waals surface area contributed by atoms with E-state index in [4.69, 9.17) is 0 Å². The van der Waals surface area contributed by atoms with Crippen molar-refractivity contribution in [1.29, 1.82) is 0 Å². The molecule has 106 valence electrons. The Morgan fingerprint density at radius 3 is 2.85 bits per heavy atom. The van der Waals surface area contributed by atoms with Crippen LogP contribution in [0.25, 0.3) is 0 Å². The van der Waals surface area contributed by atoms with E-state index in [1.807, 2.05) is 0 Å². The van der Waals surface area contributed by atoms with Gasteiger partial charge in [0.05, 0.1) is 0 Å². The van der Waals surface area contributed by atoms with E-state index in [0.29, 0.717) is 29.8 Å². The number of allylic oxidation sites excluding steroid dienone is 4. The van der Waals surface area contributed by atoms with E-state index in [2.05, 4.69) is 13.0 Å². The molecule has 4 aliphatic carbocycles. The maximum atomic E-state index is 12.2. The van der Waals surface area contributed by atoms with Crippen LogP contribution >= 0.6 is 0 Å². The van der Waals surface area contributed by atoms with E-state index in [1.54, 1.807) is 11.1 Å². The molecule has 0 amide bonds. The first-order chi connectivity index (χ1) is 9.59. The second-order valence-electron chi connectivity index (χ2n) is 7.28. The molecule has 0 heterocycles. The van der Waals surface area contributed by atoms with Crippen molar-refractivity contribution in [1.82, 2.24) is 0 Å². The molecule has 0 saturated heterocycles. The molecule has 4 rings (SSSR count). The van der Waals surface area contributed by atoms with Crippen molar-refractivity contribution >= 4 is 11.6 Å². The van der Waals surface area contributed by atoms with Crippen LogP contribution in [0.2, 0.25) is 0 Å². The maximum Gasteiger partial charge on any atom is 0.139 e. The van der Waals surface area contributed by atoms with Gasteiger partial charge in [0.25, 0.3) is 0 Å². The first-order valence-corrected chi connectivity index (χ1v) is 8.05. The molecule has 0 aromatic heterocycles. The standard InChI is InChI=1S/C18H22O2/c1-18-9-8-14-13-5-3-12(19)10-11(13)2-4-15(14)16(18)6-7-17(18)20/h4,14,16H,2-3,5-10H2,1H3/t14-,16+,18+/m1/s1. The van der Waals surface area contributed by atoms with Gasteiger partial charge in [-0.1, -0.05) is 29.7 Å². The van der Waals surface area contributed by atoms with Crippen LogP contribution in [0.4, 0.5) is 0 Å². The summed E-state index contributed by atoms with van der Waals surface area (Å²) in [5, 5.41) is 0. The fourth-order valence-corrected chi connectivity index (χ4v) is 5.19. The highest BCUT2D eigenvalue weighted by Crippen LogP contribution is 2.57. The predicted molar refractivity (Wildman–Crippen MR) is 77.1 cm³/mol. The lowest BCUT2D eigenvalue weighted by Gasteiger charge is -2.45. The quantitative estimate of drug-likeness (QED) is 0.628. The van der Waals surface area contributed by atoms with Gasteiger partial charge in [0.2, 0.25) is 0 Å². The van der Waals surface area contributed by atoms with E-state index in [9.17, 15) is 9.59 Å². The number of fused-ring (bicyclic) bond motifs is 4. The first-order valence-electron chi connectivity index (χ1n) is 8.05. The number of carbonyl (C=O) groups is 2. The molecular weight excluding hydrogens is 248 g/mol. The molecular formula is C18H22O2. The van der Waals surface area contributed by atoms with Crippen molar-refractivity contribution in [3.05, 3.63) is 22.8 Å². The summed E-state index contributed by atoms with van der Waals surface area (Å²) in [6.07, 6.45) is 9.75. The van der Waals surface area contributed by atoms with Gasteiger partial charge < -0.3 is 0 Å². The fourth-order valence-electron chi connectivity index (χ4n) is 5.19. The molecule has 0 bridgehead atoms. The van der Waals surface area contributed by atoms with Gasteiger partial charge in [0.1, 0.15) is 11.6 Å². The Bertz CT molecular complexity index is 566. The van der Waals surface area contributed by atoms with E-state index < -0.39 is 0 Å². The van der Waals surface area contributed by atoms with Crippen molar-refractivity contribution in [2.75, 3.05) is 0 Å². The summed E-state index contributed by atoms with van der Waals surface area (Å²) in [6.45, 7) is 2.19. The summed E-state index contributed by atoms with van der Waals surface area (Å²) in [7, 11) is 0. The third kappa shape index (κ3) is 1.57. The van der Waals surface area contributed by atoms with Crippen molar-refractivity contribution in [2.24, 2.45) is 17.3 Å². The van der Waals surface area contributed by atoms with Crippen molar-refractivity contribution in [3.63, 3.8) is 0 Å². The highest BCUT2D eigenvalue weighted by atomic mass is 16.1. The molecule has 0 aromatic carbocycles. The number of carbonyl (C=O) groups excluding carboxylic acids is 2. The first kappa shape index (κ1) is 12.6. The Morgan fingerprint density at radius 1 is 1.15 bits per heavy atom. The number of Topliss-reactive ketones (excluding diaryl/α,β-unsaturated/α-hetero) is 2. The van der Waals surface area contributed by atoms with Crippen LogP contribution in [0.3, 0.4) is 0 Å². The number of rotatable bonds is 0. The Kier molecular flexibility index (Phi) is 2.61. The summed E-state index contributed by atoms with van der Waals surface area (Å²) >= 11 is 0. The second kappa shape index (κ2) is 4.16. The molecule has 2 nitrogen and oxygen atoms in total. The largest absolute Gasteiger partial charge is 0.299 e. The van der Waals surface area contributed by atoms with Crippen LogP contribution in [-0.4, -0.2) is 11.6 Å². The molecule has 4 aliphatic rings. The van der Waals surface area contributed by atoms with Crippen LogP contribution in [-0.2, 0) is 9.59 Å². The van der Waals surface area contributed by atoms with Gasteiger partial charge in [-0.3, -0.25) is 9.59 Å². The van der Waals surface area contributed by atoms with Gasteiger partial charge >= 0.3 is 0 Å². The maximum absolute atomic E-state index is 12.2. The lowest BCUT2D eigenvalue weighted by molar-refractivity contribution is -0.127. The van der Waals surface area contributed by atoms with Crippen molar-refractivity contribution < 1.29 is 9.59 Å². The Labute approximate surface area is 120 Å². The average Bonchev–Trinajstić information content (AvgIpc) is 2.74. The van der Waals surface area contributed by atoms with E-state index in [1.165, 1.54) is 5.57 Å². The third-order valence-corrected chi connectivity index (χ3v) is 6.37. The van der Waals surface area contributed by atoms with Crippen molar-refractivity contribution in [3.8, 4) is 0 Å². The topological polar surface area (TPSA) is 34.1 Å². The summed E-state index contributed by atoms with van der Waals surface area (Å²) in [6, 6.07) is 0. The minimum absolute atomic E-state index is 0.0785. The number of hydrogen-bond acceptors (Lipinski definition) is 2. The molecule has 0 radical (unpaired) electrons. The van der Waals surface area contributed by atoms with Gasteiger partial charge in [-0.05, 0) is 38.0 Å². The average molecular weight is 270 g/mol. The van der Waals surface area contributed by atoms with Crippen LogP contribution in [0, 0.1) is 17.3 Å². The molecule has 0 aromatic rings. The molecule has 2 saturated carbocycles. The van der Waals surface area contributed by atoms with Crippen LogP contribution in [0.5, 0.6) is 0 Å². The second-order valence-corrected chi connectivity index (χ2v) is 7.28. The van der Waals surface area contributed by atoms with Gasteiger partial charge in [0.15, 0.2) is 0 Å². The van der Waals surface area contributed by atoms with E-state index >= 15 is 0 Å². The third-order valence-electron chi connectivity index (χ3n) is 6.37. The fraction of sp³-hybridized carbons (Fsp3) is 0.667. The normalized spacial score (nSPS) is 40.1. The molecule has 0 aliphatic heterocycles. The van der Waals surface area contributed by atoms with Crippen LogP contribution < -0.4 is 0 Å². The molecule has 2 fully saturated rings. The SMILES string of the molecule is C[C@]12CC[C@H]3C(=CCC4=C3CCC(=O)C4)[C@@H]1CCC2=O. The number of hydrogen-bond donors (Lipinski definition) is 0. The smallest absolute Gasteiger partial charge is 0.139 e. The zero-order valence-corrected chi connectivity index (χ0v) is 12.2. The minimum Gasteiger partial charge on any atom is -0.299 e. The van der Waals surface area contributed by atoms with E-state index in [0.717, 1.165) is 44.9 Å². The molecule has 3 atom stereocenters. The van der Waals surface area contributed by atoms with Crippen LogP contribution in [0.1, 0.15) is 58.3 Å². The predicted octanol–water partition coefficient (Wildman–Crippen LogP) is 3.76. The minimum atomic E-state index is -0.0785. The summed E-state index contributed by atoms with van der Waals surface area (Å²) < 4.78 is 0. The molecule has 0 unspecified atom stereocenters. The van der Waals surface area contributed by atoms with Gasteiger partial charge in [-0.2, -0.15) is 0 Å². The Balaban J connectivity index is 1.69. The summed E-state index contributed by atoms with van der Waals surface area (Å²) in [5.41, 5.74) is 4.45. The van der Waals surface area contributed by atoms with Gasteiger partial charge in [-0.15, -0.1) is 0 Å². The highest BCUT2D eigenvalue weighted by molar-refractivity contribution is 5.88. The number of ketones is 2. The van der Waals surface area contributed by atoms with Crippen LogP contribution in [0.15, 0.2) is 22.8 Å². The lowest BCUT2D eigenvalue weighted by Crippen LogP contribution is -2.38. The van der Waals surface area contributed by atoms with E-state index in [-0.39, 0.29) is 5.41 Å². The highest BCUT2D eigenvalue weighted by Gasteiger charge is 2.52. The summed E-state index contributed by atoms with van der Waals surface area (Å²) in [5.74, 6) is 1.95. The zero-order chi connectivity index (χ0) is 13.9. The van der Waals surface area contributed by atoms with Crippen molar-refractivity contribution in [2.45, 2.75) is 58.3 Å². The monoisotopic (exact) mass is 270 g/mol. The molecule has 2 heteroatoms. The molecule has 0 N–H and O–H groups in total. The lowest BCUT2D eigenvalue weighted by atomic mass is 9.58. The Hall–Kier alpha value is -1.18. The van der Waals surface area contributed by atoms with Gasteiger partial charge in [0, 0.05) is 30.6 Å². The zero-order valence-electron chi connectivity index (χ0n) is 12.2. The summed E-state index contributed by atoms with van der Waals surface area (Å²) in [4.78, 5) is 23.9. The van der Waals surface area contributed by atoms with Gasteiger partial charge in [-0.25, -0.2) is 0 Å². The molecule has 20 heavy (non-hydrogen) atoms. The molecule has 0 spiro atoms. The Morgan fingerprint density at radius 2 is 2.00 bits per heavy atom.